The number of carbonyl (C=O) groups excluding carboxylic acids is 1. The van der Waals surface area contributed by atoms with Crippen molar-refractivity contribution >= 4 is 35.0 Å². The number of benzene rings is 2. The van der Waals surface area contributed by atoms with Crippen LogP contribution in [0.15, 0.2) is 54.1 Å². The molecule has 8 heteroatoms. The van der Waals surface area contributed by atoms with Gasteiger partial charge in [-0.25, -0.2) is 0 Å². The molecule has 0 unspecified atom stereocenters. The van der Waals surface area contributed by atoms with Crippen molar-refractivity contribution in [1.29, 1.82) is 5.26 Å². The van der Waals surface area contributed by atoms with Gasteiger partial charge in [-0.2, -0.15) is 5.26 Å². The van der Waals surface area contributed by atoms with Crippen LogP contribution in [0, 0.1) is 42.2 Å². The van der Waals surface area contributed by atoms with Crippen molar-refractivity contribution in [3.8, 4) is 11.8 Å². The van der Waals surface area contributed by atoms with Gasteiger partial charge in [0.05, 0.1) is 15.6 Å². The Morgan fingerprint density at radius 3 is 2.45 bits per heavy atom. The predicted octanol–water partition coefficient (Wildman–Crippen LogP) is 5.51. The number of anilines is 1. The lowest BCUT2D eigenvalue weighted by molar-refractivity contribution is -0.384. The van der Waals surface area contributed by atoms with Gasteiger partial charge in [0.1, 0.15) is 11.6 Å². The summed E-state index contributed by atoms with van der Waals surface area (Å²) in [6.45, 7) is 5.86. The fraction of sp³-hybridized carbons (Fsp3) is 0.130. The number of nitrogens with one attached hydrogen (secondary N) is 1. The zero-order chi connectivity index (χ0) is 22.7. The lowest BCUT2D eigenvalue weighted by Crippen LogP contribution is -2.14. The Hall–Kier alpha value is -3.89. The predicted molar refractivity (Wildman–Crippen MR) is 120 cm³/mol. The molecular weight excluding hydrogens is 416 g/mol. The van der Waals surface area contributed by atoms with E-state index in [9.17, 15) is 20.2 Å². The molecule has 1 amide bonds. The first-order valence-electron chi connectivity index (χ1n) is 9.34. The summed E-state index contributed by atoms with van der Waals surface area (Å²) in [4.78, 5) is 23.0. The molecule has 1 aromatic heterocycles. The molecule has 0 radical (unpaired) electrons. The summed E-state index contributed by atoms with van der Waals surface area (Å²) in [7, 11) is 0. The maximum absolute atomic E-state index is 12.7. The van der Waals surface area contributed by atoms with E-state index in [1.807, 2.05) is 61.7 Å². The second kappa shape index (κ2) is 8.86. The second-order valence-corrected chi connectivity index (χ2v) is 7.45. The first-order valence-corrected chi connectivity index (χ1v) is 9.72. The first-order chi connectivity index (χ1) is 14.7. The summed E-state index contributed by atoms with van der Waals surface area (Å²) >= 11 is 6.04. The molecule has 0 aliphatic rings. The minimum atomic E-state index is -0.704. The van der Waals surface area contributed by atoms with Gasteiger partial charge in [-0.1, -0.05) is 29.3 Å². The van der Waals surface area contributed by atoms with Gasteiger partial charge in [0.25, 0.3) is 11.6 Å². The summed E-state index contributed by atoms with van der Waals surface area (Å²) in [5.74, 6) is -0.704. The highest BCUT2D eigenvalue weighted by molar-refractivity contribution is 6.34. The van der Waals surface area contributed by atoms with Crippen molar-refractivity contribution in [3.05, 3.63) is 91.8 Å². The van der Waals surface area contributed by atoms with Crippen LogP contribution in [0.4, 0.5) is 11.4 Å². The molecule has 3 aromatic rings. The minimum absolute atomic E-state index is 0.0622. The van der Waals surface area contributed by atoms with Gasteiger partial charge in [-0.05, 0) is 56.7 Å². The topological polar surface area (TPSA) is 101 Å². The van der Waals surface area contributed by atoms with Gasteiger partial charge in [0.2, 0.25) is 0 Å². The maximum atomic E-state index is 12.7. The molecular formula is C23H19ClN4O3. The van der Waals surface area contributed by atoms with Crippen LogP contribution in [-0.4, -0.2) is 15.4 Å². The van der Waals surface area contributed by atoms with Crippen LogP contribution in [0.25, 0.3) is 11.8 Å². The van der Waals surface area contributed by atoms with E-state index in [4.69, 9.17) is 11.6 Å². The SMILES string of the molecule is Cc1ccc(-n2c(C)cc(/C=C(\C#N)C(=O)Nc3cc([N+](=O)[O-])ccc3Cl)c2C)cc1. The minimum Gasteiger partial charge on any atom is -0.320 e. The Bertz CT molecular complexity index is 1250. The number of aryl methyl sites for hydroxylation is 2. The lowest BCUT2D eigenvalue weighted by atomic mass is 10.1. The number of rotatable bonds is 5. The molecule has 1 N–H and O–H groups in total. The van der Waals surface area contributed by atoms with Crippen molar-refractivity contribution in [2.24, 2.45) is 0 Å². The zero-order valence-electron chi connectivity index (χ0n) is 17.1. The molecule has 3 rings (SSSR count). The Morgan fingerprint density at radius 2 is 1.84 bits per heavy atom. The van der Waals surface area contributed by atoms with E-state index in [-0.39, 0.29) is 22.0 Å². The average molecular weight is 435 g/mol. The van der Waals surface area contributed by atoms with Gasteiger partial charge in [-0.3, -0.25) is 14.9 Å². The number of amides is 1. The molecule has 1 heterocycles. The van der Waals surface area contributed by atoms with E-state index in [0.717, 1.165) is 34.3 Å². The monoisotopic (exact) mass is 434 g/mol. The lowest BCUT2D eigenvalue weighted by Gasteiger charge is -2.10. The quantitative estimate of drug-likeness (QED) is 0.247. The smallest absolute Gasteiger partial charge is 0.271 e. The molecule has 0 fully saturated rings. The molecule has 0 saturated carbocycles. The molecule has 0 atom stereocenters. The third kappa shape index (κ3) is 4.65. The van der Waals surface area contributed by atoms with Gasteiger partial charge < -0.3 is 9.88 Å². The number of non-ortho nitro benzene ring substituents is 1. The van der Waals surface area contributed by atoms with Gasteiger partial charge >= 0.3 is 0 Å². The van der Waals surface area contributed by atoms with Gasteiger partial charge in [-0.15, -0.1) is 0 Å². The average Bonchev–Trinajstić information content (AvgIpc) is 3.01. The van der Waals surface area contributed by atoms with E-state index >= 15 is 0 Å². The number of carbonyl (C=O) groups is 1. The Kier molecular flexibility index (Phi) is 6.23. The van der Waals surface area contributed by atoms with Gasteiger partial charge in [0.15, 0.2) is 0 Å². The number of halogens is 1. The highest BCUT2D eigenvalue weighted by Gasteiger charge is 2.17. The Morgan fingerprint density at radius 1 is 1.16 bits per heavy atom. The summed E-state index contributed by atoms with van der Waals surface area (Å²) in [5.41, 5.74) is 4.36. The summed E-state index contributed by atoms with van der Waals surface area (Å²) < 4.78 is 2.04. The molecule has 0 aliphatic heterocycles. The number of nitriles is 1. The maximum Gasteiger partial charge on any atom is 0.271 e. The van der Waals surface area contributed by atoms with Crippen molar-refractivity contribution < 1.29 is 9.72 Å². The van der Waals surface area contributed by atoms with E-state index in [0.29, 0.717) is 0 Å². The van der Waals surface area contributed by atoms with Crippen LogP contribution in [0.2, 0.25) is 5.02 Å². The third-order valence-corrected chi connectivity index (χ3v) is 5.17. The fourth-order valence-corrected chi connectivity index (χ4v) is 3.41. The number of nitro groups is 1. The largest absolute Gasteiger partial charge is 0.320 e. The molecule has 31 heavy (non-hydrogen) atoms. The van der Waals surface area contributed by atoms with Crippen molar-refractivity contribution in [2.45, 2.75) is 20.8 Å². The molecule has 156 valence electrons. The Labute approximate surface area is 184 Å². The fourth-order valence-electron chi connectivity index (χ4n) is 3.24. The zero-order valence-corrected chi connectivity index (χ0v) is 17.9. The molecule has 7 nitrogen and oxygen atoms in total. The second-order valence-electron chi connectivity index (χ2n) is 7.04. The van der Waals surface area contributed by atoms with Gasteiger partial charge in [0, 0.05) is 29.2 Å². The number of nitro benzene ring substituents is 1. The summed E-state index contributed by atoms with van der Waals surface area (Å²) in [6, 6.07) is 15.5. The van der Waals surface area contributed by atoms with Crippen LogP contribution in [0.1, 0.15) is 22.5 Å². The molecule has 0 saturated heterocycles. The normalized spacial score (nSPS) is 11.1. The van der Waals surface area contributed by atoms with Crippen molar-refractivity contribution in [1.82, 2.24) is 4.57 Å². The number of aromatic nitrogens is 1. The van der Waals surface area contributed by atoms with E-state index in [1.54, 1.807) is 0 Å². The summed E-state index contributed by atoms with van der Waals surface area (Å²) in [5, 5.41) is 23.1. The van der Waals surface area contributed by atoms with Crippen molar-refractivity contribution in [3.63, 3.8) is 0 Å². The number of nitrogens with zero attached hydrogens (tertiary/aromatic N) is 3. The van der Waals surface area contributed by atoms with Crippen molar-refractivity contribution in [2.75, 3.05) is 5.32 Å². The molecule has 0 spiro atoms. The number of hydrogen-bond donors (Lipinski definition) is 1. The van der Waals surface area contributed by atoms with Crippen LogP contribution in [0.3, 0.4) is 0 Å². The van der Waals surface area contributed by atoms with E-state index in [1.165, 1.54) is 18.2 Å². The Balaban J connectivity index is 1.94. The molecule has 0 aliphatic carbocycles. The first kappa shape index (κ1) is 21.8. The van der Waals surface area contributed by atoms with Crippen LogP contribution < -0.4 is 5.32 Å². The highest BCUT2D eigenvalue weighted by atomic mass is 35.5. The van der Waals surface area contributed by atoms with Crippen LogP contribution in [-0.2, 0) is 4.79 Å². The number of hydrogen-bond acceptors (Lipinski definition) is 4. The third-order valence-electron chi connectivity index (χ3n) is 4.84. The summed E-state index contributed by atoms with van der Waals surface area (Å²) in [6.07, 6.45) is 1.49. The standard InChI is InChI=1S/C23H19ClN4O3/c1-14-4-6-19(7-5-14)27-15(2)10-17(16(27)3)11-18(13-25)23(29)26-22-12-20(28(30)31)8-9-21(22)24/h4-12H,1-3H3,(H,26,29)/b18-11+. The van der Waals surface area contributed by atoms with E-state index in [2.05, 4.69) is 5.32 Å². The molecule has 2 aromatic carbocycles. The highest BCUT2D eigenvalue weighted by Crippen LogP contribution is 2.28. The van der Waals surface area contributed by atoms with Crippen LogP contribution in [0.5, 0.6) is 0 Å². The molecule has 0 bridgehead atoms. The van der Waals surface area contributed by atoms with E-state index < -0.39 is 10.8 Å². The van der Waals surface area contributed by atoms with Crippen LogP contribution >= 0.6 is 11.6 Å².